The maximum atomic E-state index is 12.2. The summed E-state index contributed by atoms with van der Waals surface area (Å²) in [6.45, 7) is 3.31. The van der Waals surface area contributed by atoms with Crippen LogP contribution in [0.4, 0.5) is 0 Å². The van der Waals surface area contributed by atoms with E-state index in [1.807, 2.05) is 13.0 Å². The molecule has 0 unspecified atom stereocenters. The smallest absolute Gasteiger partial charge is 0.261 e. The number of carbonyl (C=O) groups excluding carboxylic acids is 2. The molecular formula is C15H18N2O2. The van der Waals surface area contributed by atoms with Crippen LogP contribution in [0.25, 0.3) is 0 Å². The summed E-state index contributed by atoms with van der Waals surface area (Å²) in [7, 11) is 0. The van der Waals surface area contributed by atoms with Gasteiger partial charge < -0.3 is 5.32 Å². The molecule has 1 fully saturated rings. The zero-order chi connectivity index (χ0) is 13.4. The van der Waals surface area contributed by atoms with Gasteiger partial charge >= 0.3 is 0 Å². The summed E-state index contributed by atoms with van der Waals surface area (Å²) in [4.78, 5) is 25.7. The molecule has 3 rings (SSSR count). The van der Waals surface area contributed by atoms with Gasteiger partial charge in [-0.1, -0.05) is 11.6 Å². The van der Waals surface area contributed by atoms with Gasteiger partial charge in [0.1, 0.15) is 0 Å². The lowest BCUT2D eigenvalue weighted by atomic mass is 10.1. The van der Waals surface area contributed by atoms with Crippen molar-refractivity contribution in [3.05, 3.63) is 34.9 Å². The van der Waals surface area contributed by atoms with Crippen LogP contribution in [0.3, 0.4) is 0 Å². The van der Waals surface area contributed by atoms with E-state index in [9.17, 15) is 9.59 Å². The van der Waals surface area contributed by atoms with Crippen LogP contribution < -0.4 is 5.32 Å². The van der Waals surface area contributed by atoms with E-state index >= 15 is 0 Å². The van der Waals surface area contributed by atoms with Crippen LogP contribution >= 0.6 is 0 Å². The number of hydrogen-bond donors (Lipinski definition) is 1. The van der Waals surface area contributed by atoms with Gasteiger partial charge in [0.05, 0.1) is 11.1 Å². The third-order valence-electron chi connectivity index (χ3n) is 3.70. The molecular weight excluding hydrogens is 240 g/mol. The fraction of sp³-hybridized carbons (Fsp3) is 0.467. The number of imide groups is 1. The predicted octanol–water partition coefficient (Wildman–Crippen LogP) is 1.73. The summed E-state index contributed by atoms with van der Waals surface area (Å²) < 4.78 is 0. The zero-order valence-electron chi connectivity index (χ0n) is 11.1. The van der Waals surface area contributed by atoms with E-state index in [-0.39, 0.29) is 11.8 Å². The largest absolute Gasteiger partial charge is 0.314 e. The Morgan fingerprint density at radius 3 is 2.68 bits per heavy atom. The maximum Gasteiger partial charge on any atom is 0.261 e. The second-order valence-electron chi connectivity index (χ2n) is 5.39. The van der Waals surface area contributed by atoms with Crippen LogP contribution in [0, 0.1) is 6.92 Å². The van der Waals surface area contributed by atoms with Gasteiger partial charge in [-0.2, -0.15) is 0 Å². The van der Waals surface area contributed by atoms with Crippen molar-refractivity contribution in [1.82, 2.24) is 10.2 Å². The van der Waals surface area contributed by atoms with E-state index in [1.54, 1.807) is 12.1 Å². The molecule has 1 aromatic rings. The quantitative estimate of drug-likeness (QED) is 0.646. The molecule has 1 saturated carbocycles. The van der Waals surface area contributed by atoms with Crippen LogP contribution in [-0.4, -0.2) is 35.8 Å². The molecule has 1 heterocycles. The molecule has 1 aliphatic carbocycles. The summed E-state index contributed by atoms with van der Waals surface area (Å²) in [5.74, 6) is -0.290. The van der Waals surface area contributed by atoms with Crippen molar-refractivity contribution >= 4 is 11.8 Å². The Morgan fingerprint density at radius 2 is 1.95 bits per heavy atom. The first kappa shape index (κ1) is 12.4. The first-order chi connectivity index (χ1) is 9.16. The summed E-state index contributed by atoms with van der Waals surface area (Å²) in [6.07, 6.45) is 3.33. The molecule has 100 valence electrons. The fourth-order valence-corrected chi connectivity index (χ4v) is 2.44. The zero-order valence-corrected chi connectivity index (χ0v) is 11.1. The lowest BCUT2D eigenvalue weighted by Gasteiger charge is -2.13. The molecule has 1 aliphatic heterocycles. The van der Waals surface area contributed by atoms with Crippen LogP contribution in [0.5, 0.6) is 0 Å². The molecule has 19 heavy (non-hydrogen) atoms. The van der Waals surface area contributed by atoms with Gasteiger partial charge in [0, 0.05) is 12.6 Å². The van der Waals surface area contributed by atoms with Gasteiger partial charge in [-0.15, -0.1) is 0 Å². The molecule has 0 bridgehead atoms. The van der Waals surface area contributed by atoms with Crippen molar-refractivity contribution in [3.8, 4) is 0 Å². The van der Waals surface area contributed by atoms with Crippen molar-refractivity contribution in [2.24, 2.45) is 0 Å². The second kappa shape index (κ2) is 4.78. The van der Waals surface area contributed by atoms with Crippen molar-refractivity contribution in [2.45, 2.75) is 32.2 Å². The number of nitrogens with one attached hydrogen (secondary N) is 1. The van der Waals surface area contributed by atoms with Crippen molar-refractivity contribution in [3.63, 3.8) is 0 Å². The first-order valence-corrected chi connectivity index (χ1v) is 6.87. The number of aryl methyl sites for hydroxylation is 1. The number of carbonyl (C=O) groups is 2. The number of hydrogen-bond acceptors (Lipinski definition) is 3. The van der Waals surface area contributed by atoms with Gasteiger partial charge in [0.25, 0.3) is 11.8 Å². The van der Waals surface area contributed by atoms with Crippen LogP contribution in [0.1, 0.15) is 45.5 Å². The normalized spacial score (nSPS) is 18.1. The van der Waals surface area contributed by atoms with E-state index in [0.29, 0.717) is 23.7 Å². The van der Waals surface area contributed by atoms with E-state index in [4.69, 9.17) is 0 Å². The van der Waals surface area contributed by atoms with E-state index in [0.717, 1.165) is 18.5 Å². The molecule has 1 N–H and O–H groups in total. The highest BCUT2D eigenvalue weighted by atomic mass is 16.2. The van der Waals surface area contributed by atoms with Crippen molar-refractivity contribution in [1.29, 1.82) is 0 Å². The lowest BCUT2D eigenvalue weighted by molar-refractivity contribution is 0.0652. The van der Waals surface area contributed by atoms with E-state index in [1.165, 1.54) is 17.7 Å². The number of rotatable bonds is 5. The minimum atomic E-state index is -0.147. The van der Waals surface area contributed by atoms with Crippen LogP contribution in [-0.2, 0) is 0 Å². The van der Waals surface area contributed by atoms with Gasteiger partial charge in [-0.3, -0.25) is 14.5 Å². The molecule has 0 radical (unpaired) electrons. The number of nitrogens with zero attached hydrogens (tertiary/aromatic N) is 1. The van der Waals surface area contributed by atoms with Gasteiger partial charge in [-0.25, -0.2) is 0 Å². The van der Waals surface area contributed by atoms with E-state index < -0.39 is 0 Å². The molecule has 1 aromatic carbocycles. The summed E-state index contributed by atoms with van der Waals surface area (Å²) in [5.41, 5.74) is 2.11. The highest BCUT2D eigenvalue weighted by Gasteiger charge is 2.34. The third kappa shape index (κ3) is 2.40. The van der Waals surface area contributed by atoms with Gasteiger partial charge in [0.15, 0.2) is 0 Å². The Labute approximate surface area is 112 Å². The van der Waals surface area contributed by atoms with Crippen LogP contribution in [0.2, 0.25) is 0 Å². The molecule has 2 amide bonds. The fourth-order valence-electron chi connectivity index (χ4n) is 2.44. The number of fused-ring (bicyclic) bond motifs is 1. The van der Waals surface area contributed by atoms with E-state index in [2.05, 4.69) is 5.32 Å². The van der Waals surface area contributed by atoms with Crippen molar-refractivity contribution in [2.75, 3.05) is 13.1 Å². The highest BCUT2D eigenvalue weighted by molar-refractivity contribution is 6.21. The molecule has 0 spiro atoms. The molecule has 4 heteroatoms. The minimum Gasteiger partial charge on any atom is -0.314 e. The highest BCUT2D eigenvalue weighted by Crippen LogP contribution is 2.24. The Hall–Kier alpha value is -1.68. The number of amides is 2. The average molecular weight is 258 g/mol. The Morgan fingerprint density at radius 1 is 1.21 bits per heavy atom. The Bertz CT molecular complexity index is 535. The molecule has 0 aromatic heterocycles. The molecule has 2 aliphatic rings. The number of benzene rings is 1. The molecule has 0 atom stereocenters. The SMILES string of the molecule is Cc1ccc2c(c1)C(=O)N(CCCNC1CC1)C2=O. The minimum absolute atomic E-state index is 0.143. The molecule has 4 nitrogen and oxygen atoms in total. The average Bonchev–Trinajstić information content (AvgIpc) is 3.18. The van der Waals surface area contributed by atoms with Gasteiger partial charge in [0.2, 0.25) is 0 Å². The summed E-state index contributed by atoms with van der Waals surface area (Å²) in [6, 6.07) is 6.11. The maximum absolute atomic E-state index is 12.2. The lowest BCUT2D eigenvalue weighted by Crippen LogP contribution is -2.32. The Balaban J connectivity index is 1.64. The standard InChI is InChI=1S/C15H18N2O2/c1-10-3-6-12-13(9-10)15(19)17(14(12)18)8-2-7-16-11-4-5-11/h3,6,9,11,16H,2,4-5,7-8H2,1H3. The third-order valence-corrected chi connectivity index (χ3v) is 3.70. The monoisotopic (exact) mass is 258 g/mol. The second-order valence-corrected chi connectivity index (χ2v) is 5.39. The van der Waals surface area contributed by atoms with Gasteiger partial charge in [-0.05, 0) is 44.9 Å². The summed E-state index contributed by atoms with van der Waals surface area (Å²) in [5, 5.41) is 3.39. The Kier molecular flexibility index (Phi) is 3.11. The predicted molar refractivity (Wildman–Crippen MR) is 72.2 cm³/mol. The topological polar surface area (TPSA) is 49.4 Å². The van der Waals surface area contributed by atoms with Crippen LogP contribution in [0.15, 0.2) is 18.2 Å². The summed E-state index contributed by atoms with van der Waals surface area (Å²) >= 11 is 0. The first-order valence-electron chi connectivity index (χ1n) is 6.87. The van der Waals surface area contributed by atoms with Crippen molar-refractivity contribution < 1.29 is 9.59 Å². The molecule has 0 saturated heterocycles.